The van der Waals surface area contributed by atoms with Gasteiger partial charge in [0.25, 0.3) is 0 Å². The van der Waals surface area contributed by atoms with Crippen molar-refractivity contribution in [2.75, 3.05) is 0 Å². The largest absolute Gasteiger partial charge is 0.0841 e. The van der Waals surface area contributed by atoms with E-state index in [0.29, 0.717) is 0 Å². The van der Waals surface area contributed by atoms with Gasteiger partial charge in [0.05, 0.1) is 0 Å². The molecule has 0 unspecified atom stereocenters. The Morgan fingerprint density at radius 3 is 1.71 bits per heavy atom. The summed E-state index contributed by atoms with van der Waals surface area (Å²) in [6, 6.07) is 10.4. The van der Waals surface area contributed by atoms with Gasteiger partial charge in [0.1, 0.15) is 0 Å². The molecule has 0 aliphatic heterocycles. The lowest BCUT2D eigenvalue weighted by molar-refractivity contribution is 1.50. The van der Waals surface area contributed by atoms with Gasteiger partial charge >= 0.3 is 0 Å². The van der Waals surface area contributed by atoms with E-state index in [9.17, 15) is 0 Å². The van der Waals surface area contributed by atoms with Crippen LogP contribution in [0.2, 0.25) is 0 Å². The number of rotatable bonds is 1. The summed E-state index contributed by atoms with van der Waals surface area (Å²) < 4.78 is 0. The van der Waals surface area contributed by atoms with Crippen molar-refractivity contribution in [3.63, 3.8) is 0 Å². The molecule has 1 rings (SSSR count). The van der Waals surface area contributed by atoms with Crippen molar-refractivity contribution < 1.29 is 0 Å². The lowest BCUT2D eigenvalue weighted by Crippen LogP contribution is -1.75. The Labute approximate surface area is 89.7 Å². The smallest absolute Gasteiger partial charge is 0.0231 e. The van der Waals surface area contributed by atoms with Crippen LogP contribution >= 0.6 is 0 Å². The van der Waals surface area contributed by atoms with Crippen LogP contribution in [0, 0.1) is 0 Å². The molecule has 80 valence electrons. The van der Waals surface area contributed by atoms with Crippen LogP contribution < -0.4 is 0 Å². The van der Waals surface area contributed by atoms with Gasteiger partial charge in [-0.3, -0.25) is 0 Å². The third kappa shape index (κ3) is 6.47. The molecule has 0 heterocycles. The summed E-state index contributed by atoms with van der Waals surface area (Å²) in [6.07, 6.45) is 2.12. The van der Waals surface area contributed by atoms with E-state index in [1.54, 1.807) is 0 Å². The molecule has 1 aromatic carbocycles. The van der Waals surface area contributed by atoms with E-state index in [0.717, 1.165) is 0 Å². The molecule has 0 saturated heterocycles. The van der Waals surface area contributed by atoms with Crippen LogP contribution in [0.3, 0.4) is 0 Å². The first kappa shape index (κ1) is 15.4. The topological polar surface area (TPSA) is 0 Å². The molecule has 0 fully saturated rings. The van der Waals surface area contributed by atoms with Crippen molar-refractivity contribution >= 4 is 5.57 Å². The highest BCUT2D eigenvalue weighted by Gasteiger charge is 1.88. The highest BCUT2D eigenvalue weighted by molar-refractivity contribution is 5.62. The monoisotopic (exact) mass is 192 g/mol. The van der Waals surface area contributed by atoms with Crippen molar-refractivity contribution in [1.82, 2.24) is 0 Å². The number of allylic oxidation sites excluding steroid dienone is 2. The lowest BCUT2D eigenvalue weighted by Gasteiger charge is -1.97. The van der Waals surface area contributed by atoms with E-state index >= 15 is 0 Å². The van der Waals surface area contributed by atoms with Gasteiger partial charge in [-0.15, -0.1) is 0 Å². The van der Waals surface area contributed by atoms with Gasteiger partial charge in [-0.1, -0.05) is 64.1 Å². The van der Waals surface area contributed by atoms with E-state index in [-0.39, 0.29) is 0 Å². The van der Waals surface area contributed by atoms with E-state index in [1.807, 2.05) is 33.8 Å². The quantitative estimate of drug-likeness (QED) is 0.576. The summed E-state index contributed by atoms with van der Waals surface area (Å²) >= 11 is 0. The second-order valence-corrected chi connectivity index (χ2v) is 2.34. The molecule has 0 atom stereocenters. The third-order valence-corrected chi connectivity index (χ3v) is 1.66. The molecule has 0 aromatic heterocycles. The summed E-state index contributed by atoms with van der Waals surface area (Å²) in [5.74, 6) is 0. The molecule has 14 heavy (non-hydrogen) atoms. The third-order valence-electron chi connectivity index (χ3n) is 1.66. The summed E-state index contributed by atoms with van der Waals surface area (Å²) in [5.41, 5.74) is 2.64. The van der Waals surface area contributed by atoms with Crippen LogP contribution in [-0.4, -0.2) is 0 Å². The fourth-order valence-corrected chi connectivity index (χ4v) is 0.868. The molecular weight excluding hydrogens is 168 g/mol. The van der Waals surface area contributed by atoms with Gasteiger partial charge in [-0.2, -0.15) is 0 Å². The molecule has 0 spiro atoms. The fourth-order valence-electron chi connectivity index (χ4n) is 0.868. The Kier molecular flexibility index (Phi) is 13.2. The minimum Gasteiger partial charge on any atom is -0.0841 e. The normalized spacial score (nSPS) is 9.14. The predicted molar refractivity (Wildman–Crippen MR) is 68.5 cm³/mol. The van der Waals surface area contributed by atoms with Crippen LogP contribution in [0.15, 0.2) is 36.4 Å². The average molecular weight is 192 g/mol. The maximum Gasteiger partial charge on any atom is -0.0231 e. The zero-order chi connectivity index (χ0) is 11.4. The van der Waals surface area contributed by atoms with Gasteiger partial charge in [-0.25, -0.2) is 0 Å². The number of benzene rings is 1. The standard InChI is InChI=1S/C10H12.2C2H6/c1-3-9(2)10-7-5-4-6-8-10;2*1-2/h3-8H,1-2H3;2*1-2H3/b9-3+;;. The van der Waals surface area contributed by atoms with Crippen molar-refractivity contribution in [3.05, 3.63) is 42.0 Å². The van der Waals surface area contributed by atoms with Gasteiger partial charge in [0, 0.05) is 0 Å². The van der Waals surface area contributed by atoms with Gasteiger partial charge in [0.2, 0.25) is 0 Å². The highest BCUT2D eigenvalue weighted by Crippen LogP contribution is 2.11. The minimum atomic E-state index is 1.31. The molecule has 0 saturated carbocycles. The summed E-state index contributed by atoms with van der Waals surface area (Å²) in [5, 5.41) is 0. The van der Waals surface area contributed by atoms with E-state index < -0.39 is 0 Å². The molecule has 0 amide bonds. The van der Waals surface area contributed by atoms with E-state index in [1.165, 1.54) is 11.1 Å². The maximum absolute atomic E-state index is 2.12. The molecule has 0 aliphatic rings. The van der Waals surface area contributed by atoms with Crippen LogP contribution in [0.25, 0.3) is 5.57 Å². The van der Waals surface area contributed by atoms with Crippen molar-refractivity contribution in [3.8, 4) is 0 Å². The zero-order valence-corrected chi connectivity index (χ0v) is 10.5. The van der Waals surface area contributed by atoms with E-state index in [4.69, 9.17) is 0 Å². The first-order valence-corrected chi connectivity index (χ1v) is 5.53. The number of hydrogen-bond donors (Lipinski definition) is 0. The lowest BCUT2D eigenvalue weighted by atomic mass is 10.1. The second kappa shape index (κ2) is 12.0. The Hall–Kier alpha value is -1.04. The zero-order valence-electron chi connectivity index (χ0n) is 10.5. The van der Waals surface area contributed by atoms with Crippen LogP contribution in [0.1, 0.15) is 47.1 Å². The van der Waals surface area contributed by atoms with Gasteiger partial charge in [-0.05, 0) is 25.0 Å². The molecule has 0 bridgehead atoms. The predicted octanol–water partition coefficient (Wildman–Crippen LogP) is 5.16. The fraction of sp³-hybridized carbons (Fsp3) is 0.429. The van der Waals surface area contributed by atoms with Gasteiger partial charge < -0.3 is 0 Å². The van der Waals surface area contributed by atoms with Crippen LogP contribution in [0.4, 0.5) is 0 Å². The van der Waals surface area contributed by atoms with Crippen molar-refractivity contribution in [1.29, 1.82) is 0 Å². The summed E-state index contributed by atoms with van der Waals surface area (Å²) in [6.45, 7) is 12.2. The van der Waals surface area contributed by atoms with Crippen molar-refractivity contribution in [2.24, 2.45) is 0 Å². The highest BCUT2D eigenvalue weighted by atomic mass is 13.9. The molecule has 0 N–H and O–H groups in total. The Morgan fingerprint density at radius 2 is 1.36 bits per heavy atom. The molecule has 0 aliphatic carbocycles. The summed E-state index contributed by atoms with van der Waals surface area (Å²) in [4.78, 5) is 0. The first-order valence-electron chi connectivity index (χ1n) is 5.53. The SMILES string of the molecule is C/C=C(\C)c1ccccc1.CC.CC. The Bertz CT molecular complexity index is 219. The molecule has 0 nitrogen and oxygen atoms in total. The molecule has 1 aromatic rings. The Morgan fingerprint density at radius 1 is 0.929 bits per heavy atom. The molecule has 0 heteroatoms. The van der Waals surface area contributed by atoms with E-state index in [2.05, 4.69) is 44.2 Å². The molecular formula is C14H24. The maximum atomic E-state index is 2.12. The number of hydrogen-bond acceptors (Lipinski definition) is 0. The Balaban J connectivity index is 0. The second-order valence-electron chi connectivity index (χ2n) is 2.34. The van der Waals surface area contributed by atoms with Crippen molar-refractivity contribution in [2.45, 2.75) is 41.5 Å². The summed E-state index contributed by atoms with van der Waals surface area (Å²) in [7, 11) is 0. The minimum absolute atomic E-state index is 1.31. The van der Waals surface area contributed by atoms with Crippen LogP contribution in [-0.2, 0) is 0 Å². The van der Waals surface area contributed by atoms with Crippen LogP contribution in [0.5, 0.6) is 0 Å². The first-order chi connectivity index (χ1) is 6.84. The molecule has 0 radical (unpaired) electrons. The average Bonchev–Trinajstić information content (AvgIpc) is 2.34. The van der Waals surface area contributed by atoms with Gasteiger partial charge in [0.15, 0.2) is 0 Å².